The van der Waals surface area contributed by atoms with Crippen LogP contribution in [0.15, 0.2) is 60.7 Å². The lowest BCUT2D eigenvalue weighted by atomic mass is 10.2. The summed E-state index contributed by atoms with van der Waals surface area (Å²) >= 11 is 5.74. The quantitative estimate of drug-likeness (QED) is 0.320. The van der Waals surface area contributed by atoms with Gasteiger partial charge in [0.05, 0.1) is 15.5 Å². The molecular weight excluding hydrogens is 427 g/mol. The minimum Gasteiger partial charge on any atom is -0.489 e. The van der Waals surface area contributed by atoms with E-state index in [9.17, 15) is 19.3 Å². The van der Waals surface area contributed by atoms with E-state index in [0.29, 0.717) is 16.7 Å². The molecule has 0 aliphatic carbocycles. The molecule has 156 valence electrons. The number of aromatic amines is 1. The highest BCUT2D eigenvalue weighted by Gasteiger charge is 2.14. The number of nitro groups is 1. The molecule has 8 nitrogen and oxygen atoms in total. The van der Waals surface area contributed by atoms with Gasteiger partial charge in [-0.1, -0.05) is 11.6 Å². The monoisotopic (exact) mass is 440 g/mol. The van der Waals surface area contributed by atoms with Crippen LogP contribution in [0.4, 0.5) is 15.9 Å². The number of rotatable bonds is 6. The molecule has 0 atom stereocenters. The second-order valence-corrected chi connectivity index (χ2v) is 6.98. The Kier molecular flexibility index (Phi) is 5.50. The minimum atomic E-state index is -0.613. The number of carbonyl (C=O) groups excluding carboxylic acids is 1. The largest absolute Gasteiger partial charge is 0.489 e. The number of hydrogen-bond acceptors (Lipinski definition) is 5. The minimum absolute atomic E-state index is 0.00592. The number of hydrogen-bond donors (Lipinski definition) is 2. The van der Waals surface area contributed by atoms with Crippen molar-refractivity contribution in [3.63, 3.8) is 0 Å². The number of aromatic nitrogens is 2. The number of anilines is 1. The first-order chi connectivity index (χ1) is 14.9. The van der Waals surface area contributed by atoms with Crippen LogP contribution >= 0.6 is 11.6 Å². The van der Waals surface area contributed by atoms with Crippen molar-refractivity contribution in [1.29, 1.82) is 0 Å². The Morgan fingerprint density at radius 3 is 2.65 bits per heavy atom. The normalized spacial score (nSPS) is 10.8. The molecule has 0 fully saturated rings. The van der Waals surface area contributed by atoms with Gasteiger partial charge in [0.25, 0.3) is 11.6 Å². The molecule has 0 aliphatic rings. The van der Waals surface area contributed by atoms with Gasteiger partial charge in [-0.2, -0.15) is 5.10 Å². The van der Waals surface area contributed by atoms with E-state index in [1.54, 1.807) is 30.3 Å². The van der Waals surface area contributed by atoms with E-state index in [0.717, 1.165) is 11.6 Å². The van der Waals surface area contributed by atoms with E-state index >= 15 is 0 Å². The third kappa shape index (κ3) is 4.46. The molecule has 10 heteroatoms. The van der Waals surface area contributed by atoms with Gasteiger partial charge < -0.3 is 10.1 Å². The summed E-state index contributed by atoms with van der Waals surface area (Å²) in [6.45, 7) is 0.205. The Labute approximate surface area is 179 Å². The fourth-order valence-electron chi connectivity index (χ4n) is 2.88. The Morgan fingerprint density at radius 2 is 1.94 bits per heavy atom. The van der Waals surface area contributed by atoms with E-state index in [1.807, 2.05) is 0 Å². The first kappa shape index (κ1) is 20.3. The van der Waals surface area contributed by atoms with Gasteiger partial charge in [-0.15, -0.1) is 0 Å². The SMILES string of the molecule is O=C(Nc1n[nH]c2ccc(OCc3ccc([N+](=O)[O-])cc3)cc12)c1ccc(F)c(Cl)c1. The van der Waals surface area contributed by atoms with Crippen molar-refractivity contribution in [3.8, 4) is 5.75 Å². The molecular formula is C21H14ClFN4O4. The zero-order chi connectivity index (χ0) is 22.0. The summed E-state index contributed by atoms with van der Waals surface area (Å²) in [6, 6.07) is 14.9. The number of H-pyrrole nitrogens is 1. The molecule has 31 heavy (non-hydrogen) atoms. The molecule has 3 aromatic carbocycles. The number of fused-ring (bicyclic) bond motifs is 1. The topological polar surface area (TPSA) is 110 Å². The lowest BCUT2D eigenvalue weighted by Gasteiger charge is -2.07. The van der Waals surface area contributed by atoms with E-state index in [1.165, 1.54) is 24.3 Å². The summed E-state index contributed by atoms with van der Waals surface area (Å²) in [5.74, 6) is -0.306. The molecule has 1 aromatic heterocycles. The molecule has 4 aromatic rings. The molecule has 0 bridgehead atoms. The standard InChI is InChI=1S/C21H14ClFN4O4/c22-17-9-13(3-7-18(17)23)21(28)24-20-16-10-15(6-8-19(16)25-26-20)31-11-12-1-4-14(5-2-12)27(29)30/h1-10H,11H2,(H2,24,25,26,28). The average molecular weight is 441 g/mol. The molecule has 1 heterocycles. The number of carbonyl (C=O) groups is 1. The number of benzene rings is 3. The van der Waals surface area contributed by atoms with Crippen molar-refractivity contribution >= 4 is 39.9 Å². The number of ether oxygens (including phenoxy) is 1. The number of nitro benzene ring substituents is 1. The third-order valence-electron chi connectivity index (χ3n) is 4.50. The lowest BCUT2D eigenvalue weighted by molar-refractivity contribution is -0.384. The summed E-state index contributed by atoms with van der Waals surface area (Å²) < 4.78 is 19.1. The van der Waals surface area contributed by atoms with Crippen LogP contribution in [0.3, 0.4) is 0 Å². The second-order valence-electron chi connectivity index (χ2n) is 6.57. The van der Waals surface area contributed by atoms with Crippen LogP contribution in [0.2, 0.25) is 5.02 Å². The fourth-order valence-corrected chi connectivity index (χ4v) is 3.06. The van der Waals surface area contributed by atoms with Gasteiger partial charge in [0.2, 0.25) is 0 Å². The van der Waals surface area contributed by atoms with Crippen molar-refractivity contribution in [2.75, 3.05) is 5.32 Å². The number of amides is 1. The van der Waals surface area contributed by atoms with Crippen molar-refractivity contribution in [3.05, 3.63) is 92.7 Å². The number of non-ortho nitro benzene ring substituents is 1. The average Bonchev–Trinajstić information content (AvgIpc) is 3.16. The smallest absolute Gasteiger partial charge is 0.269 e. The Morgan fingerprint density at radius 1 is 1.16 bits per heavy atom. The molecule has 0 aliphatic heterocycles. The van der Waals surface area contributed by atoms with E-state index in [-0.39, 0.29) is 28.7 Å². The summed E-state index contributed by atoms with van der Waals surface area (Å²) in [4.78, 5) is 22.7. The summed E-state index contributed by atoms with van der Waals surface area (Å²) in [5.41, 5.74) is 1.63. The van der Waals surface area contributed by atoms with Gasteiger partial charge >= 0.3 is 0 Å². The van der Waals surface area contributed by atoms with Crippen LogP contribution in [0.1, 0.15) is 15.9 Å². The highest BCUT2D eigenvalue weighted by molar-refractivity contribution is 6.31. The molecule has 0 saturated heterocycles. The van der Waals surface area contributed by atoms with Gasteiger partial charge in [-0.05, 0) is 54.1 Å². The van der Waals surface area contributed by atoms with Crippen molar-refractivity contribution < 1.29 is 18.8 Å². The lowest BCUT2D eigenvalue weighted by Crippen LogP contribution is -2.12. The number of nitrogens with one attached hydrogen (secondary N) is 2. The van der Waals surface area contributed by atoms with Crippen LogP contribution in [0, 0.1) is 15.9 Å². The van der Waals surface area contributed by atoms with Crippen molar-refractivity contribution in [2.45, 2.75) is 6.61 Å². The van der Waals surface area contributed by atoms with Gasteiger partial charge in [-0.25, -0.2) is 4.39 Å². The molecule has 4 rings (SSSR count). The van der Waals surface area contributed by atoms with Crippen LogP contribution in [-0.2, 0) is 6.61 Å². The van der Waals surface area contributed by atoms with Gasteiger partial charge in [0, 0.05) is 23.1 Å². The molecule has 0 unspecified atom stereocenters. The van der Waals surface area contributed by atoms with Crippen LogP contribution in [0.5, 0.6) is 5.75 Å². The zero-order valence-electron chi connectivity index (χ0n) is 15.8. The zero-order valence-corrected chi connectivity index (χ0v) is 16.5. The van der Waals surface area contributed by atoms with E-state index in [2.05, 4.69) is 15.5 Å². The highest BCUT2D eigenvalue weighted by atomic mass is 35.5. The van der Waals surface area contributed by atoms with E-state index < -0.39 is 16.6 Å². The summed E-state index contributed by atoms with van der Waals surface area (Å²) in [7, 11) is 0. The van der Waals surface area contributed by atoms with Crippen LogP contribution in [0.25, 0.3) is 10.9 Å². The van der Waals surface area contributed by atoms with Gasteiger partial charge in [-0.3, -0.25) is 20.0 Å². The number of nitrogens with zero attached hydrogens (tertiary/aromatic N) is 2. The fraction of sp³-hybridized carbons (Fsp3) is 0.0476. The Balaban J connectivity index is 1.49. The van der Waals surface area contributed by atoms with E-state index in [4.69, 9.17) is 16.3 Å². The maximum absolute atomic E-state index is 13.3. The summed E-state index contributed by atoms with van der Waals surface area (Å²) in [6.07, 6.45) is 0. The highest BCUT2D eigenvalue weighted by Crippen LogP contribution is 2.27. The molecule has 0 saturated carbocycles. The third-order valence-corrected chi connectivity index (χ3v) is 4.79. The predicted octanol–water partition coefficient (Wildman–Crippen LogP) is 5.09. The van der Waals surface area contributed by atoms with Crippen molar-refractivity contribution in [2.24, 2.45) is 0 Å². The Bertz CT molecular complexity index is 1290. The maximum atomic E-state index is 13.3. The van der Waals surface area contributed by atoms with Crippen LogP contribution in [-0.4, -0.2) is 21.0 Å². The van der Waals surface area contributed by atoms with Crippen LogP contribution < -0.4 is 10.1 Å². The van der Waals surface area contributed by atoms with Gasteiger partial charge in [0.15, 0.2) is 5.82 Å². The molecule has 0 radical (unpaired) electrons. The second kappa shape index (κ2) is 8.41. The first-order valence-electron chi connectivity index (χ1n) is 9.01. The van der Waals surface area contributed by atoms with Crippen molar-refractivity contribution in [1.82, 2.24) is 10.2 Å². The Hall–Kier alpha value is -3.98. The molecule has 2 N–H and O–H groups in total. The number of halogens is 2. The van der Waals surface area contributed by atoms with Gasteiger partial charge in [0.1, 0.15) is 18.2 Å². The maximum Gasteiger partial charge on any atom is 0.269 e. The molecule has 0 spiro atoms. The predicted molar refractivity (Wildman–Crippen MR) is 113 cm³/mol. The first-order valence-corrected chi connectivity index (χ1v) is 9.39. The molecule has 1 amide bonds. The summed E-state index contributed by atoms with van der Waals surface area (Å²) in [5, 5.41) is 20.8.